The summed E-state index contributed by atoms with van der Waals surface area (Å²) in [4.78, 5) is 6.32. The average molecular weight is 262 g/mol. The third-order valence-electron chi connectivity index (χ3n) is 3.21. The highest BCUT2D eigenvalue weighted by Gasteiger charge is 2.18. The van der Waals surface area contributed by atoms with Crippen LogP contribution in [0.2, 0.25) is 0 Å². The first kappa shape index (κ1) is 13.7. The average Bonchev–Trinajstić information content (AvgIpc) is 2.47. The Morgan fingerprint density at radius 3 is 2.95 bits per heavy atom. The lowest BCUT2D eigenvalue weighted by molar-refractivity contribution is 0.102. The zero-order chi connectivity index (χ0) is 13.7. The summed E-state index contributed by atoms with van der Waals surface area (Å²) in [7, 11) is 1.50. The van der Waals surface area contributed by atoms with Crippen molar-refractivity contribution in [2.75, 3.05) is 39.8 Å². The number of piperazine rings is 1. The smallest absolute Gasteiger partial charge is 0.140 e. The summed E-state index contributed by atoms with van der Waals surface area (Å²) >= 11 is 0. The molecule has 1 fully saturated rings. The SMILES string of the molecule is COc1cc([C@@H](O)CN2CCNCC2)ncc1C#N. The van der Waals surface area contributed by atoms with Crippen LogP contribution in [0.3, 0.4) is 0 Å². The largest absolute Gasteiger partial charge is 0.495 e. The predicted molar refractivity (Wildman–Crippen MR) is 69.8 cm³/mol. The molecule has 0 aromatic carbocycles. The molecule has 1 aromatic heterocycles. The van der Waals surface area contributed by atoms with E-state index in [4.69, 9.17) is 10.00 Å². The van der Waals surface area contributed by atoms with Gasteiger partial charge in [0.05, 0.1) is 12.8 Å². The molecule has 2 N–H and O–H groups in total. The number of hydrogen-bond acceptors (Lipinski definition) is 6. The van der Waals surface area contributed by atoms with Gasteiger partial charge in [-0.2, -0.15) is 5.26 Å². The molecule has 0 aliphatic carbocycles. The van der Waals surface area contributed by atoms with Gasteiger partial charge < -0.3 is 15.2 Å². The minimum absolute atomic E-state index is 0.376. The number of rotatable bonds is 4. The Labute approximate surface area is 112 Å². The Balaban J connectivity index is 2.06. The third kappa shape index (κ3) is 3.41. The summed E-state index contributed by atoms with van der Waals surface area (Å²) in [6, 6.07) is 3.64. The van der Waals surface area contributed by atoms with E-state index in [-0.39, 0.29) is 0 Å². The van der Waals surface area contributed by atoms with E-state index in [0.717, 1.165) is 26.2 Å². The van der Waals surface area contributed by atoms with E-state index in [0.29, 0.717) is 23.6 Å². The van der Waals surface area contributed by atoms with Crippen molar-refractivity contribution < 1.29 is 9.84 Å². The lowest BCUT2D eigenvalue weighted by atomic mass is 10.1. The van der Waals surface area contributed by atoms with Gasteiger partial charge in [0.1, 0.15) is 23.5 Å². The number of aromatic nitrogens is 1. The van der Waals surface area contributed by atoms with Crippen LogP contribution in [0.25, 0.3) is 0 Å². The number of hydrogen-bond donors (Lipinski definition) is 2. The van der Waals surface area contributed by atoms with Gasteiger partial charge in [0.15, 0.2) is 0 Å². The second-order valence-corrected chi connectivity index (χ2v) is 4.49. The van der Waals surface area contributed by atoms with Crippen molar-refractivity contribution in [1.82, 2.24) is 15.2 Å². The number of nitrogens with one attached hydrogen (secondary N) is 1. The molecular formula is C13H18N4O2. The Hall–Kier alpha value is -1.68. The molecule has 2 heterocycles. The first-order chi connectivity index (χ1) is 9.24. The Morgan fingerprint density at radius 1 is 1.58 bits per heavy atom. The number of β-amino-alcohol motifs (C(OH)–C–C–N with tert-alkyl or cyclic N) is 1. The lowest BCUT2D eigenvalue weighted by Crippen LogP contribution is -2.45. The fourth-order valence-corrected chi connectivity index (χ4v) is 2.12. The molecule has 102 valence electrons. The molecule has 6 nitrogen and oxygen atoms in total. The minimum Gasteiger partial charge on any atom is -0.495 e. The summed E-state index contributed by atoms with van der Waals surface area (Å²) in [5.41, 5.74) is 0.912. The molecule has 1 aliphatic heterocycles. The number of nitriles is 1. The molecule has 2 rings (SSSR count). The highest BCUT2D eigenvalue weighted by molar-refractivity contribution is 5.42. The van der Waals surface area contributed by atoms with Gasteiger partial charge in [-0.1, -0.05) is 0 Å². The van der Waals surface area contributed by atoms with Crippen molar-refractivity contribution >= 4 is 0 Å². The molecule has 6 heteroatoms. The van der Waals surface area contributed by atoms with Crippen LogP contribution in [-0.2, 0) is 0 Å². The van der Waals surface area contributed by atoms with E-state index in [1.165, 1.54) is 13.3 Å². The Kier molecular flexibility index (Phi) is 4.68. The van der Waals surface area contributed by atoms with Crippen LogP contribution in [0, 0.1) is 11.3 Å². The number of aliphatic hydroxyl groups excluding tert-OH is 1. The van der Waals surface area contributed by atoms with Gasteiger partial charge in [-0.05, 0) is 0 Å². The van der Waals surface area contributed by atoms with E-state index >= 15 is 0 Å². The van der Waals surface area contributed by atoms with E-state index in [9.17, 15) is 5.11 Å². The zero-order valence-electron chi connectivity index (χ0n) is 11.0. The van der Waals surface area contributed by atoms with Crippen LogP contribution in [0.15, 0.2) is 12.3 Å². The standard InChI is InChI=1S/C13H18N4O2/c1-19-13-6-11(16-8-10(13)7-14)12(18)9-17-4-2-15-3-5-17/h6,8,12,15,18H,2-5,9H2,1H3/t12-/m0/s1. The molecule has 0 amide bonds. The topological polar surface area (TPSA) is 81.4 Å². The Morgan fingerprint density at radius 2 is 2.32 bits per heavy atom. The quantitative estimate of drug-likeness (QED) is 0.788. The molecule has 1 aliphatic rings. The van der Waals surface area contributed by atoms with Crippen molar-refractivity contribution in [2.24, 2.45) is 0 Å². The van der Waals surface area contributed by atoms with Gasteiger partial charge >= 0.3 is 0 Å². The monoisotopic (exact) mass is 262 g/mol. The van der Waals surface area contributed by atoms with Crippen LogP contribution < -0.4 is 10.1 Å². The summed E-state index contributed by atoms with van der Waals surface area (Å²) in [5.74, 6) is 0.451. The molecule has 0 bridgehead atoms. The van der Waals surface area contributed by atoms with Crippen LogP contribution in [0.4, 0.5) is 0 Å². The Bertz CT molecular complexity index is 466. The number of nitrogens with zero attached hydrogens (tertiary/aromatic N) is 3. The van der Waals surface area contributed by atoms with E-state index in [1.807, 2.05) is 6.07 Å². The van der Waals surface area contributed by atoms with Crippen LogP contribution in [0.1, 0.15) is 17.4 Å². The summed E-state index contributed by atoms with van der Waals surface area (Å²) in [5, 5.41) is 22.4. The summed E-state index contributed by atoms with van der Waals surface area (Å²) in [6.07, 6.45) is 0.773. The summed E-state index contributed by atoms with van der Waals surface area (Å²) in [6.45, 7) is 4.27. The van der Waals surface area contributed by atoms with E-state index in [1.54, 1.807) is 6.07 Å². The van der Waals surface area contributed by atoms with Crippen molar-refractivity contribution in [2.45, 2.75) is 6.10 Å². The van der Waals surface area contributed by atoms with Gasteiger partial charge in [0, 0.05) is 45.0 Å². The maximum absolute atomic E-state index is 10.2. The predicted octanol–water partition coefficient (Wildman–Crippen LogP) is -0.0995. The number of methoxy groups -OCH3 is 1. The first-order valence-corrected chi connectivity index (χ1v) is 6.29. The molecule has 1 aromatic rings. The molecule has 1 saturated heterocycles. The van der Waals surface area contributed by atoms with E-state index < -0.39 is 6.10 Å². The molecular weight excluding hydrogens is 244 g/mol. The van der Waals surface area contributed by atoms with Crippen molar-refractivity contribution in [1.29, 1.82) is 5.26 Å². The molecule has 0 spiro atoms. The summed E-state index contributed by atoms with van der Waals surface area (Å²) < 4.78 is 5.12. The van der Waals surface area contributed by atoms with Crippen LogP contribution in [-0.4, -0.2) is 54.8 Å². The van der Waals surface area contributed by atoms with Crippen molar-refractivity contribution in [3.05, 3.63) is 23.5 Å². The second kappa shape index (κ2) is 6.48. The highest BCUT2D eigenvalue weighted by atomic mass is 16.5. The number of aliphatic hydroxyl groups is 1. The molecule has 0 unspecified atom stereocenters. The minimum atomic E-state index is -0.667. The normalized spacial score (nSPS) is 17.7. The van der Waals surface area contributed by atoms with Gasteiger partial charge in [0.2, 0.25) is 0 Å². The maximum atomic E-state index is 10.2. The van der Waals surface area contributed by atoms with E-state index in [2.05, 4.69) is 15.2 Å². The molecule has 1 atom stereocenters. The number of pyridine rings is 1. The van der Waals surface area contributed by atoms with Crippen LogP contribution in [0.5, 0.6) is 5.75 Å². The van der Waals surface area contributed by atoms with Crippen LogP contribution >= 0.6 is 0 Å². The highest BCUT2D eigenvalue weighted by Crippen LogP contribution is 2.21. The molecule has 0 radical (unpaired) electrons. The fourth-order valence-electron chi connectivity index (χ4n) is 2.12. The van der Waals surface area contributed by atoms with Gasteiger partial charge in [-0.25, -0.2) is 0 Å². The van der Waals surface area contributed by atoms with Gasteiger partial charge in [0.25, 0.3) is 0 Å². The molecule has 0 saturated carbocycles. The first-order valence-electron chi connectivity index (χ1n) is 6.29. The zero-order valence-corrected chi connectivity index (χ0v) is 11.0. The lowest BCUT2D eigenvalue weighted by Gasteiger charge is -2.28. The number of ether oxygens (including phenoxy) is 1. The second-order valence-electron chi connectivity index (χ2n) is 4.49. The van der Waals surface area contributed by atoms with Crippen molar-refractivity contribution in [3.63, 3.8) is 0 Å². The maximum Gasteiger partial charge on any atom is 0.140 e. The van der Waals surface area contributed by atoms with Gasteiger partial charge in [-0.15, -0.1) is 0 Å². The van der Waals surface area contributed by atoms with Gasteiger partial charge in [-0.3, -0.25) is 9.88 Å². The van der Waals surface area contributed by atoms with Crippen molar-refractivity contribution in [3.8, 4) is 11.8 Å². The fraction of sp³-hybridized carbons (Fsp3) is 0.538. The third-order valence-corrected chi connectivity index (χ3v) is 3.21. The molecule has 19 heavy (non-hydrogen) atoms.